The van der Waals surface area contributed by atoms with Gasteiger partial charge in [-0.3, -0.25) is 4.98 Å². The quantitative estimate of drug-likeness (QED) is 0.899. The molecule has 2 aromatic rings. The highest BCUT2D eigenvalue weighted by atomic mass is 35.5. The fraction of sp³-hybridized carbons (Fsp3) is 0.250. The zero-order valence-corrected chi connectivity index (χ0v) is 10.6. The summed E-state index contributed by atoms with van der Waals surface area (Å²) in [4.78, 5) is 5.30. The third-order valence-electron chi connectivity index (χ3n) is 2.43. The third-order valence-corrected chi connectivity index (χ3v) is 3.82. The van der Waals surface area contributed by atoms with Gasteiger partial charge in [0, 0.05) is 29.9 Å². The first kappa shape index (κ1) is 11.6. The van der Waals surface area contributed by atoms with Crippen molar-refractivity contribution in [2.45, 2.75) is 19.5 Å². The fourth-order valence-electron chi connectivity index (χ4n) is 1.45. The summed E-state index contributed by atoms with van der Waals surface area (Å²) in [5.74, 6) is 0. The Labute approximate surface area is 104 Å². The maximum atomic E-state index is 6.03. The number of nitrogens with one attached hydrogen (secondary N) is 1. The monoisotopic (exact) mass is 252 g/mol. The Balaban J connectivity index is 1.95. The summed E-state index contributed by atoms with van der Waals surface area (Å²) in [6.07, 6.45) is 3.44. The number of aromatic nitrogens is 1. The topological polar surface area (TPSA) is 24.9 Å². The number of thiophene rings is 1. The van der Waals surface area contributed by atoms with Gasteiger partial charge >= 0.3 is 0 Å². The lowest BCUT2D eigenvalue weighted by Gasteiger charge is -2.12. The summed E-state index contributed by atoms with van der Waals surface area (Å²) in [6.45, 7) is 2.92. The molecule has 0 saturated carbocycles. The lowest BCUT2D eigenvalue weighted by atomic mass is 10.2. The Morgan fingerprint density at radius 1 is 1.50 bits per heavy atom. The molecule has 0 aliphatic rings. The van der Waals surface area contributed by atoms with Crippen molar-refractivity contribution < 1.29 is 0 Å². The molecule has 0 aliphatic heterocycles. The average Bonchev–Trinajstić information content (AvgIpc) is 2.81. The molecule has 2 aromatic heterocycles. The van der Waals surface area contributed by atoms with Crippen molar-refractivity contribution >= 4 is 22.9 Å². The molecule has 0 aliphatic carbocycles. The zero-order chi connectivity index (χ0) is 11.4. The summed E-state index contributed by atoms with van der Waals surface area (Å²) in [5, 5.41) is 6.25. The highest BCUT2D eigenvalue weighted by Crippen LogP contribution is 2.20. The number of halogens is 1. The summed E-state index contributed by atoms with van der Waals surface area (Å²) >= 11 is 7.80. The van der Waals surface area contributed by atoms with Crippen LogP contribution in [0.4, 0.5) is 0 Å². The van der Waals surface area contributed by atoms with Crippen LogP contribution < -0.4 is 5.32 Å². The molecule has 2 rings (SSSR count). The maximum absolute atomic E-state index is 6.03. The van der Waals surface area contributed by atoms with Crippen molar-refractivity contribution in [3.63, 3.8) is 0 Å². The molecule has 1 N–H and O–H groups in total. The largest absolute Gasteiger partial charge is 0.305 e. The maximum Gasteiger partial charge on any atom is 0.0634 e. The van der Waals surface area contributed by atoms with Crippen molar-refractivity contribution in [3.05, 3.63) is 51.4 Å². The van der Waals surface area contributed by atoms with Gasteiger partial charge < -0.3 is 5.32 Å². The molecule has 1 atom stereocenters. The second-order valence-electron chi connectivity index (χ2n) is 3.59. The first-order valence-electron chi connectivity index (χ1n) is 5.12. The van der Waals surface area contributed by atoms with Crippen molar-refractivity contribution in [1.82, 2.24) is 10.3 Å². The third kappa shape index (κ3) is 2.82. The molecule has 0 aromatic carbocycles. The summed E-state index contributed by atoms with van der Waals surface area (Å²) in [6, 6.07) is 6.49. The predicted molar refractivity (Wildman–Crippen MR) is 68.8 cm³/mol. The molecular weight excluding hydrogens is 240 g/mol. The van der Waals surface area contributed by atoms with Crippen molar-refractivity contribution in [2.75, 3.05) is 0 Å². The molecule has 0 radical (unpaired) electrons. The van der Waals surface area contributed by atoms with Crippen LogP contribution in [0.25, 0.3) is 0 Å². The van der Waals surface area contributed by atoms with Gasteiger partial charge in [-0.1, -0.05) is 17.7 Å². The van der Waals surface area contributed by atoms with E-state index in [1.165, 1.54) is 4.88 Å². The number of pyridine rings is 1. The molecule has 0 fully saturated rings. The van der Waals surface area contributed by atoms with E-state index in [9.17, 15) is 0 Å². The molecule has 0 unspecified atom stereocenters. The number of rotatable bonds is 4. The minimum absolute atomic E-state index is 0.351. The number of nitrogens with zero attached hydrogens (tertiary/aromatic N) is 1. The van der Waals surface area contributed by atoms with E-state index in [1.807, 2.05) is 6.07 Å². The second kappa shape index (κ2) is 5.43. The van der Waals surface area contributed by atoms with E-state index in [0.717, 1.165) is 12.1 Å². The van der Waals surface area contributed by atoms with Crippen molar-refractivity contribution in [3.8, 4) is 0 Å². The molecule has 0 spiro atoms. The molecular formula is C12H13ClN2S. The normalized spacial score (nSPS) is 12.6. The molecule has 2 nitrogen and oxygen atoms in total. The fourth-order valence-corrected chi connectivity index (χ4v) is 2.39. The van der Waals surface area contributed by atoms with Gasteiger partial charge in [-0.15, -0.1) is 11.3 Å². The van der Waals surface area contributed by atoms with E-state index in [2.05, 4.69) is 34.7 Å². The average molecular weight is 253 g/mol. The highest BCUT2D eigenvalue weighted by Gasteiger charge is 2.06. The van der Waals surface area contributed by atoms with E-state index in [-0.39, 0.29) is 0 Å². The summed E-state index contributed by atoms with van der Waals surface area (Å²) in [5.41, 5.74) is 1.08. The zero-order valence-electron chi connectivity index (χ0n) is 8.98. The summed E-state index contributed by atoms with van der Waals surface area (Å²) in [7, 11) is 0. The molecule has 0 bridgehead atoms. The van der Waals surface area contributed by atoms with Crippen LogP contribution in [0.2, 0.25) is 5.02 Å². The molecule has 84 valence electrons. The Hall–Kier alpha value is -0.900. The van der Waals surface area contributed by atoms with Gasteiger partial charge in [0.2, 0.25) is 0 Å². The van der Waals surface area contributed by atoms with Gasteiger partial charge in [0.1, 0.15) is 0 Å². The van der Waals surface area contributed by atoms with E-state index < -0.39 is 0 Å². The minimum atomic E-state index is 0.351. The van der Waals surface area contributed by atoms with Crippen molar-refractivity contribution in [1.29, 1.82) is 0 Å². The smallest absolute Gasteiger partial charge is 0.0634 e. The predicted octanol–water partition coefficient (Wildman–Crippen LogP) is 3.65. The van der Waals surface area contributed by atoms with Gasteiger partial charge in [0.15, 0.2) is 0 Å². The molecule has 0 saturated heterocycles. The molecule has 4 heteroatoms. The Morgan fingerprint density at radius 3 is 3.06 bits per heavy atom. The molecule has 16 heavy (non-hydrogen) atoms. The standard InChI is InChI=1S/C12H13ClN2S/c1-9(12-3-2-6-16-12)15-7-10-4-5-14-8-11(10)13/h2-6,8-9,15H,7H2,1H3/t9-/m1/s1. The molecule has 0 amide bonds. The molecule has 2 heterocycles. The first-order chi connectivity index (χ1) is 7.77. The van der Waals surface area contributed by atoms with Crippen LogP contribution in [0.3, 0.4) is 0 Å². The van der Waals surface area contributed by atoms with Crippen molar-refractivity contribution in [2.24, 2.45) is 0 Å². The van der Waals surface area contributed by atoms with Gasteiger partial charge in [-0.05, 0) is 30.0 Å². The number of hydrogen-bond donors (Lipinski definition) is 1. The van der Waals surface area contributed by atoms with Crippen LogP contribution in [0, 0.1) is 0 Å². The Kier molecular flexibility index (Phi) is 3.93. The SMILES string of the molecule is C[C@@H](NCc1ccncc1Cl)c1cccs1. The van der Waals surface area contributed by atoms with E-state index in [4.69, 9.17) is 11.6 Å². The lowest BCUT2D eigenvalue weighted by molar-refractivity contribution is 0.582. The van der Waals surface area contributed by atoms with Crippen LogP contribution in [0.1, 0.15) is 23.4 Å². The van der Waals surface area contributed by atoms with Gasteiger partial charge in [0.05, 0.1) is 5.02 Å². The Morgan fingerprint density at radius 2 is 2.38 bits per heavy atom. The lowest BCUT2D eigenvalue weighted by Crippen LogP contribution is -2.17. The van der Waals surface area contributed by atoms with Crippen LogP contribution >= 0.6 is 22.9 Å². The summed E-state index contributed by atoms with van der Waals surface area (Å²) < 4.78 is 0. The van der Waals surface area contributed by atoms with Gasteiger partial charge in [-0.25, -0.2) is 0 Å². The second-order valence-corrected chi connectivity index (χ2v) is 4.97. The number of hydrogen-bond acceptors (Lipinski definition) is 3. The van der Waals surface area contributed by atoms with E-state index in [1.54, 1.807) is 23.7 Å². The first-order valence-corrected chi connectivity index (χ1v) is 6.38. The van der Waals surface area contributed by atoms with Gasteiger partial charge in [0.25, 0.3) is 0 Å². The minimum Gasteiger partial charge on any atom is -0.305 e. The van der Waals surface area contributed by atoms with E-state index in [0.29, 0.717) is 11.1 Å². The van der Waals surface area contributed by atoms with Crippen LogP contribution in [0.15, 0.2) is 36.0 Å². The van der Waals surface area contributed by atoms with Gasteiger partial charge in [-0.2, -0.15) is 0 Å². The van der Waals surface area contributed by atoms with Crippen LogP contribution in [-0.4, -0.2) is 4.98 Å². The van der Waals surface area contributed by atoms with Crippen LogP contribution in [-0.2, 0) is 6.54 Å². The Bertz CT molecular complexity index is 442. The highest BCUT2D eigenvalue weighted by molar-refractivity contribution is 7.10. The van der Waals surface area contributed by atoms with Crippen LogP contribution in [0.5, 0.6) is 0 Å². The van der Waals surface area contributed by atoms with E-state index >= 15 is 0 Å².